The highest BCUT2D eigenvalue weighted by atomic mass is 16.3. The molecule has 0 spiro atoms. The van der Waals surface area contributed by atoms with Gasteiger partial charge in [0.2, 0.25) is 0 Å². The van der Waals surface area contributed by atoms with Gasteiger partial charge in [-0.3, -0.25) is 0 Å². The third-order valence-corrected chi connectivity index (χ3v) is 0.344. The average molecular weight is 264 g/mol. The Labute approximate surface area is 108 Å². The highest BCUT2D eigenvalue weighted by Crippen LogP contribution is 1.66. The molecule has 1 unspecified atom stereocenters. The van der Waals surface area contributed by atoms with E-state index in [1.807, 2.05) is 0 Å². The molecular formula is C12H24O6. The van der Waals surface area contributed by atoms with E-state index in [0.29, 0.717) is 0 Å². The van der Waals surface area contributed by atoms with Gasteiger partial charge in [0.05, 0.1) is 6.61 Å². The third-order valence-electron chi connectivity index (χ3n) is 0.344. The van der Waals surface area contributed by atoms with Gasteiger partial charge in [-0.05, 0) is 41.5 Å². The van der Waals surface area contributed by atoms with Crippen LogP contribution < -0.4 is 0 Å². The van der Waals surface area contributed by atoms with Gasteiger partial charge < -0.3 is 29.4 Å². The lowest BCUT2D eigenvalue weighted by Crippen LogP contribution is -2.12. The number of hydrogen-bond acceptors (Lipinski definition) is 6. The highest BCUT2D eigenvalue weighted by molar-refractivity contribution is 5.72. The molecule has 0 heterocycles. The Kier molecular flexibility index (Phi) is 29.6. The van der Waals surface area contributed by atoms with Gasteiger partial charge in [-0.1, -0.05) is 0 Å². The first-order valence-electron chi connectivity index (χ1n) is 5.16. The van der Waals surface area contributed by atoms with E-state index in [9.17, 15) is 19.2 Å². The minimum absolute atomic E-state index is 0.167. The molecule has 6 heteroatoms. The maximum Gasteiger partial charge on any atom is 0.150 e. The third kappa shape index (κ3) is 399. The van der Waals surface area contributed by atoms with Crippen molar-refractivity contribution in [1.29, 1.82) is 0 Å². The molecule has 0 aromatic carbocycles. The molecule has 0 radical (unpaired) electrons. The molecule has 0 saturated heterocycles. The number of aliphatic hydroxyl groups excluding tert-OH is 2. The summed E-state index contributed by atoms with van der Waals surface area (Å²) in [6, 6.07) is 0. The van der Waals surface area contributed by atoms with E-state index in [-0.39, 0.29) is 23.6 Å². The van der Waals surface area contributed by atoms with E-state index < -0.39 is 12.7 Å². The first-order valence-corrected chi connectivity index (χ1v) is 5.16. The van der Waals surface area contributed by atoms with Gasteiger partial charge in [0, 0.05) is 0 Å². The summed E-state index contributed by atoms with van der Waals surface area (Å²) in [6.45, 7) is 8.68. The molecule has 0 aromatic rings. The van der Waals surface area contributed by atoms with E-state index in [2.05, 4.69) is 0 Å². The van der Waals surface area contributed by atoms with Crippen LogP contribution in [0.2, 0.25) is 0 Å². The van der Waals surface area contributed by atoms with Gasteiger partial charge in [-0.2, -0.15) is 0 Å². The van der Waals surface area contributed by atoms with Gasteiger partial charge in [0.25, 0.3) is 0 Å². The van der Waals surface area contributed by atoms with Crippen molar-refractivity contribution >= 4 is 23.6 Å². The Morgan fingerprint density at radius 2 is 1.06 bits per heavy atom. The zero-order valence-corrected chi connectivity index (χ0v) is 11.9. The Morgan fingerprint density at radius 3 is 1.06 bits per heavy atom. The van der Waals surface area contributed by atoms with Crippen LogP contribution in [-0.2, 0) is 19.2 Å². The second kappa shape index (κ2) is 20.9. The number of hydrogen-bond donors (Lipinski definition) is 2. The summed E-state index contributed by atoms with van der Waals surface area (Å²) in [7, 11) is 0. The molecule has 0 fully saturated rings. The lowest BCUT2D eigenvalue weighted by atomic mass is 10.4. The molecule has 0 saturated carbocycles. The van der Waals surface area contributed by atoms with Gasteiger partial charge in [-0.15, -0.1) is 0 Å². The van der Waals surface area contributed by atoms with Crippen molar-refractivity contribution in [2.45, 2.75) is 47.6 Å². The van der Waals surface area contributed by atoms with Crippen LogP contribution in [0.25, 0.3) is 0 Å². The predicted octanol–water partition coefficient (Wildman–Crippen LogP) is 0.324. The minimum atomic E-state index is -1.19. The highest BCUT2D eigenvalue weighted by Gasteiger charge is 1.92. The molecule has 108 valence electrons. The van der Waals surface area contributed by atoms with Crippen molar-refractivity contribution in [2.24, 2.45) is 0 Å². The lowest BCUT2D eigenvalue weighted by molar-refractivity contribution is -0.116. The van der Waals surface area contributed by atoms with Gasteiger partial charge >= 0.3 is 0 Å². The summed E-state index contributed by atoms with van der Waals surface area (Å²) in [6.07, 6.45) is -0.912. The molecule has 0 aliphatic rings. The van der Waals surface area contributed by atoms with Crippen LogP contribution in [0.1, 0.15) is 41.5 Å². The Bertz CT molecular complexity index is 194. The minimum Gasteiger partial charge on any atom is -0.393 e. The zero-order chi connectivity index (χ0) is 15.7. The molecule has 0 aliphatic heterocycles. The van der Waals surface area contributed by atoms with Crippen molar-refractivity contribution < 1.29 is 29.4 Å². The first-order chi connectivity index (χ1) is 8.00. The Balaban J connectivity index is -0.0000000742. The van der Waals surface area contributed by atoms with Crippen molar-refractivity contribution in [3.05, 3.63) is 0 Å². The van der Waals surface area contributed by atoms with Crippen LogP contribution in [0.15, 0.2) is 0 Å². The summed E-state index contributed by atoms with van der Waals surface area (Å²) in [5.74, 6) is 0.500. The topological polar surface area (TPSA) is 109 Å². The molecule has 1 atom stereocenters. The normalized spacial score (nSPS) is 8.89. The van der Waals surface area contributed by atoms with Gasteiger partial charge in [0.1, 0.15) is 23.5 Å². The number of rotatable bonds is 2. The standard InChI is InChI=1S/C3H6O3.3C3H6O/c4-1-3(6)2-5;3*1-3(2)4/h1,3,5-6H,2H2;3*1-2H3. The van der Waals surface area contributed by atoms with E-state index in [4.69, 9.17) is 10.2 Å². The molecule has 18 heavy (non-hydrogen) atoms. The van der Waals surface area contributed by atoms with E-state index in [1.165, 1.54) is 41.5 Å². The summed E-state index contributed by atoms with van der Waals surface area (Å²) in [5, 5.41) is 15.9. The van der Waals surface area contributed by atoms with Crippen molar-refractivity contribution in [1.82, 2.24) is 0 Å². The summed E-state index contributed by atoms with van der Waals surface area (Å²) in [4.78, 5) is 37.7. The average Bonchev–Trinajstić information content (AvgIpc) is 2.13. The summed E-state index contributed by atoms with van der Waals surface area (Å²) in [5.41, 5.74) is 0. The quantitative estimate of drug-likeness (QED) is 0.695. The summed E-state index contributed by atoms with van der Waals surface area (Å²) < 4.78 is 0. The van der Waals surface area contributed by atoms with Crippen LogP contribution in [0.3, 0.4) is 0 Å². The van der Waals surface area contributed by atoms with Crippen molar-refractivity contribution in [2.75, 3.05) is 6.61 Å². The predicted molar refractivity (Wildman–Crippen MR) is 68.2 cm³/mol. The second-order valence-electron chi connectivity index (χ2n) is 3.61. The van der Waals surface area contributed by atoms with Gasteiger partial charge in [0.15, 0.2) is 6.29 Å². The molecule has 6 nitrogen and oxygen atoms in total. The number of ketones is 3. The molecule has 2 N–H and O–H groups in total. The van der Waals surface area contributed by atoms with Crippen LogP contribution >= 0.6 is 0 Å². The fourth-order valence-electron chi connectivity index (χ4n) is 0.0430. The molecule has 0 amide bonds. The van der Waals surface area contributed by atoms with Gasteiger partial charge in [-0.25, -0.2) is 0 Å². The van der Waals surface area contributed by atoms with E-state index in [0.717, 1.165) is 0 Å². The number of carbonyl (C=O) groups excluding carboxylic acids is 4. The maximum atomic E-state index is 9.44. The Morgan fingerprint density at radius 1 is 0.889 bits per heavy atom. The maximum absolute atomic E-state index is 9.44. The first kappa shape index (κ1) is 25.4. The number of carbonyl (C=O) groups is 4. The largest absolute Gasteiger partial charge is 0.393 e. The fraction of sp³-hybridized carbons (Fsp3) is 0.667. The van der Waals surface area contributed by atoms with Crippen molar-refractivity contribution in [3.63, 3.8) is 0 Å². The molecular weight excluding hydrogens is 240 g/mol. The molecule has 0 bridgehead atoms. The lowest BCUT2D eigenvalue weighted by Gasteiger charge is -1.89. The molecule has 0 rings (SSSR count). The monoisotopic (exact) mass is 264 g/mol. The Hall–Kier alpha value is -1.40. The number of aliphatic hydroxyl groups is 2. The smallest absolute Gasteiger partial charge is 0.150 e. The number of Topliss-reactive ketones (excluding diaryl/α,β-unsaturated/α-hetero) is 3. The van der Waals surface area contributed by atoms with Crippen LogP contribution in [0.4, 0.5) is 0 Å². The SMILES string of the molecule is CC(C)=O.CC(C)=O.CC(C)=O.O=CC(O)CO. The van der Waals surface area contributed by atoms with Crippen LogP contribution in [0, 0.1) is 0 Å². The van der Waals surface area contributed by atoms with Crippen LogP contribution in [0.5, 0.6) is 0 Å². The van der Waals surface area contributed by atoms with Crippen molar-refractivity contribution in [3.8, 4) is 0 Å². The second-order valence-corrected chi connectivity index (χ2v) is 3.61. The molecule has 0 aliphatic carbocycles. The fourth-order valence-corrected chi connectivity index (χ4v) is 0.0430. The summed E-state index contributed by atoms with van der Waals surface area (Å²) >= 11 is 0. The number of aldehydes is 1. The molecule has 0 aromatic heterocycles. The van der Waals surface area contributed by atoms with E-state index in [1.54, 1.807) is 0 Å². The zero-order valence-electron chi connectivity index (χ0n) is 11.9. The van der Waals surface area contributed by atoms with E-state index >= 15 is 0 Å². The van der Waals surface area contributed by atoms with Crippen LogP contribution in [-0.4, -0.2) is 46.6 Å².